The van der Waals surface area contributed by atoms with Crippen molar-refractivity contribution < 1.29 is 4.79 Å². The summed E-state index contributed by atoms with van der Waals surface area (Å²) in [5.41, 5.74) is 3.26. The number of nitrogens with zero attached hydrogens (tertiary/aromatic N) is 1. The van der Waals surface area contributed by atoms with Gasteiger partial charge in [0.1, 0.15) is 5.69 Å². The molecule has 1 aliphatic rings. The van der Waals surface area contributed by atoms with Crippen molar-refractivity contribution in [2.24, 2.45) is 5.92 Å². The van der Waals surface area contributed by atoms with Crippen LogP contribution in [0, 0.1) is 12.8 Å². The summed E-state index contributed by atoms with van der Waals surface area (Å²) >= 11 is 6.05. The largest absolute Gasteiger partial charge is 0.350 e. The number of rotatable bonds is 4. The first-order valence-corrected chi connectivity index (χ1v) is 8.61. The third-order valence-electron chi connectivity index (χ3n) is 4.57. The standard InChI is InChI=1S/C18H22ClN3O/c1-12-7-8-14(19)9-15(12)16-10-17(22-21-16)18(23)20-11-13-5-3-2-4-6-13/h7-10,13H,2-6,11H2,1H3,(H,20,23)(H,21,22). The molecule has 0 saturated heterocycles. The lowest BCUT2D eigenvalue weighted by molar-refractivity contribution is 0.0938. The van der Waals surface area contributed by atoms with Crippen LogP contribution in [0.25, 0.3) is 11.3 Å². The minimum absolute atomic E-state index is 0.0889. The average molecular weight is 332 g/mol. The van der Waals surface area contributed by atoms with Gasteiger partial charge in [-0.25, -0.2) is 0 Å². The van der Waals surface area contributed by atoms with Gasteiger partial charge in [0.15, 0.2) is 0 Å². The first-order chi connectivity index (χ1) is 11.1. The Morgan fingerprint density at radius 3 is 2.87 bits per heavy atom. The average Bonchev–Trinajstić information content (AvgIpc) is 3.06. The van der Waals surface area contributed by atoms with E-state index in [4.69, 9.17) is 11.6 Å². The predicted octanol–water partition coefficient (Wildman–Crippen LogP) is 4.35. The third-order valence-corrected chi connectivity index (χ3v) is 4.81. The lowest BCUT2D eigenvalue weighted by Gasteiger charge is -2.21. The Morgan fingerprint density at radius 2 is 2.09 bits per heavy atom. The summed E-state index contributed by atoms with van der Waals surface area (Å²) in [4.78, 5) is 12.3. The molecule has 2 aromatic rings. The van der Waals surface area contributed by atoms with Crippen LogP contribution in [0.1, 0.15) is 48.2 Å². The third kappa shape index (κ3) is 3.94. The zero-order valence-electron chi connectivity index (χ0n) is 13.4. The molecule has 1 amide bonds. The van der Waals surface area contributed by atoms with Crippen LogP contribution in [0.5, 0.6) is 0 Å². The second-order valence-electron chi connectivity index (χ2n) is 6.34. The van der Waals surface area contributed by atoms with Gasteiger partial charge in [-0.3, -0.25) is 9.89 Å². The second kappa shape index (κ2) is 7.18. The lowest BCUT2D eigenvalue weighted by atomic mass is 9.89. The number of hydrogen-bond donors (Lipinski definition) is 2. The zero-order chi connectivity index (χ0) is 16.2. The van der Waals surface area contributed by atoms with Crippen LogP contribution in [0.15, 0.2) is 24.3 Å². The van der Waals surface area contributed by atoms with E-state index in [-0.39, 0.29) is 5.91 Å². The molecule has 1 heterocycles. The summed E-state index contributed by atoms with van der Waals surface area (Å²) in [6.07, 6.45) is 6.32. The second-order valence-corrected chi connectivity index (χ2v) is 6.78. The van der Waals surface area contributed by atoms with Gasteiger partial charge >= 0.3 is 0 Å². The number of H-pyrrole nitrogens is 1. The van der Waals surface area contributed by atoms with Gasteiger partial charge < -0.3 is 5.32 Å². The molecule has 23 heavy (non-hydrogen) atoms. The van der Waals surface area contributed by atoms with Crippen molar-refractivity contribution in [1.82, 2.24) is 15.5 Å². The van der Waals surface area contributed by atoms with E-state index in [9.17, 15) is 4.79 Å². The van der Waals surface area contributed by atoms with Gasteiger partial charge in [0.25, 0.3) is 5.91 Å². The van der Waals surface area contributed by atoms with Gasteiger partial charge in [-0.05, 0) is 49.4 Å². The van der Waals surface area contributed by atoms with E-state index in [0.29, 0.717) is 16.6 Å². The SMILES string of the molecule is Cc1ccc(Cl)cc1-c1cc(C(=O)NCC2CCCCC2)[nH]n1. The Kier molecular flexibility index (Phi) is 5.01. The Labute approximate surface area is 141 Å². The highest BCUT2D eigenvalue weighted by atomic mass is 35.5. The number of hydrogen-bond acceptors (Lipinski definition) is 2. The van der Waals surface area contributed by atoms with Crippen molar-refractivity contribution in [2.75, 3.05) is 6.54 Å². The Hall–Kier alpha value is -1.81. The van der Waals surface area contributed by atoms with Crippen LogP contribution in [-0.2, 0) is 0 Å². The summed E-state index contributed by atoms with van der Waals surface area (Å²) in [6, 6.07) is 7.46. The molecule has 1 aromatic heterocycles. The fourth-order valence-corrected chi connectivity index (χ4v) is 3.34. The highest BCUT2D eigenvalue weighted by Crippen LogP contribution is 2.26. The highest BCUT2D eigenvalue weighted by molar-refractivity contribution is 6.30. The first kappa shape index (κ1) is 16.1. The summed E-state index contributed by atoms with van der Waals surface area (Å²) in [5.74, 6) is 0.527. The van der Waals surface area contributed by atoms with E-state index in [2.05, 4.69) is 15.5 Å². The van der Waals surface area contributed by atoms with Crippen molar-refractivity contribution in [3.63, 3.8) is 0 Å². The fraction of sp³-hybridized carbons (Fsp3) is 0.444. The Morgan fingerprint density at radius 1 is 1.30 bits per heavy atom. The van der Waals surface area contributed by atoms with E-state index in [1.54, 1.807) is 6.07 Å². The molecule has 1 aromatic carbocycles. The number of halogens is 1. The smallest absolute Gasteiger partial charge is 0.269 e. The summed E-state index contributed by atoms with van der Waals surface area (Å²) in [7, 11) is 0. The van der Waals surface area contributed by atoms with Crippen molar-refractivity contribution >= 4 is 17.5 Å². The van der Waals surface area contributed by atoms with Gasteiger partial charge in [-0.1, -0.05) is 36.9 Å². The van der Waals surface area contributed by atoms with Crippen LogP contribution < -0.4 is 5.32 Å². The van der Waals surface area contributed by atoms with Gasteiger partial charge in [0.2, 0.25) is 0 Å². The molecule has 0 aliphatic heterocycles. The molecule has 1 saturated carbocycles. The molecule has 0 radical (unpaired) electrons. The minimum Gasteiger partial charge on any atom is -0.350 e. The predicted molar refractivity (Wildman–Crippen MR) is 92.7 cm³/mol. The number of nitrogens with one attached hydrogen (secondary N) is 2. The number of carbonyl (C=O) groups excluding carboxylic acids is 1. The van der Waals surface area contributed by atoms with Gasteiger partial charge in [-0.15, -0.1) is 0 Å². The number of aryl methyl sites for hydroxylation is 1. The van der Waals surface area contributed by atoms with Crippen molar-refractivity contribution in [3.8, 4) is 11.3 Å². The van der Waals surface area contributed by atoms with Crippen LogP contribution in [-0.4, -0.2) is 22.6 Å². The van der Waals surface area contributed by atoms with Gasteiger partial charge in [-0.2, -0.15) is 5.10 Å². The number of benzene rings is 1. The molecule has 0 unspecified atom stereocenters. The van der Waals surface area contributed by atoms with Crippen LogP contribution in [0.2, 0.25) is 5.02 Å². The minimum atomic E-state index is -0.0889. The van der Waals surface area contributed by atoms with E-state index in [1.807, 2.05) is 25.1 Å². The van der Waals surface area contributed by atoms with E-state index in [1.165, 1.54) is 32.1 Å². The van der Waals surface area contributed by atoms with E-state index < -0.39 is 0 Å². The zero-order valence-corrected chi connectivity index (χ0v) is 14.1. The Bertz CT molecular complexity index is 689. The van der Waals surface area contributed by atoms with Crippen LogP contribution in [0.4, 0.5) is 0 Å². The molecule has 3 rings (SSSR count). The monoisotopic (exact) mass is 331 g/mol. The normalized spacial score (nSPS) is 15.6. The molecular weight excluding hydrogens is 310 g/mol. The molecule has 0 spiro atoms. The molecule has 2 N–H and O–H groups in total. The number of aromatic amines is 1. The molecule has 1 aliphatic carbocycles. The molecule has 4 nitrogen and oxygen atoms in total. The molecule has 1 fully saturated rings. The molecule has 122 valence electrons. The topological polar surface area (TPSA) is 57.8 Å². The number of carbonyl (C=O) groups is 1. The fourth-order valence-electron chi connectivity index (χ4n) is 3.17. The number of amides is 1. The molecule has 0 atom stereocenters. The van der Waals surface area contributed by atoms with Crippen LogP contribution >= 0.6 is 11.6 Å². The van der Waals surface area contributed by atoms with E-state index >= 15 is 0 Å². The maximum absolute atomic E-state index is 12.3. The maximum atomic E-state index is 12.3. The highest BCUT2D eigenvalue weighted by Gasteiger charge is 2.16. The molecular formula is C18H22ClN3O. The first-order valence-electron chi connectivity index (χ1n) is 8.23. The maximum Gasteiger partial charge on any atom is 0.269 e. The van der Waals surface area contributed by atoms with E-state index in [0.717, 1.165) is 23.4 Å². The van der Waals surface area contributed by atoms with Crippen molar-refractivity contribution in [2.45, 2.75) is 39.0 Å². The van der Waals surface area contributed by atoms with Crippen molar-refractivity contribution in [3.05, 3.63) is 40.5 Å². The molecule has 0 bridgehead atoms. The summed E-state index contributed by atoms with van der Waals surface area (Å²) in [6.45, 7) is 2.76. The molecule has 5 heteroatoms. The number of aromatic nitrogens is 2. The quantitative estimate of drug-likeness (QED) is 0.875. The van der Waals surface area contributed by atoms with Crippen LogP contribution in [0.3, 0.4) is 0 Å². The Balaban J connectivity index is 1.66. The summed E-state index contributed by atoms with van der Waals surface area (Å²) in [5, 5.41) is 10.8. The van der Waals surface area contributed by atoms with Crippen molar-refractivity contribution in [1.29, 1.82) is 0 Å². The lowest BCUT2D eigenvalue weighted by Crippen LogP contribution is -2.30. The van der Waals surface area contributed by atoms with Gasteiger partial charge in [0, 0.05) is 17.1 Å². The summed E-state index contributed by atoms with van der Waals surface area (Å²) < 4.78 is 0. The van der Waals surface area contributed by atoms with Gasteiger partial charge in [0.05, 0.1) is 5.69 Å².